The predicted molar refractivity (Wildman–Crippen MR) is 102 cm³/mol. The van der Waals surface area contributed by atoms with E-state index in [9.17, 15) is 19.5 Å². The number of carbonyl (C=O) groups is 3. The molecule has 4 nitrogen and oxygen atoms in total. The summed E-state index contributed by atoms with van der Waals surface area (Å²) in [6, 6.07) is 0. The molecule has 0 aromatic rings. The zero-order valence-electron chi connectivity index (χ0n) is 16.8. The topological polar surface area (TPSA) is 71.4 Å². The first-order valence-corrected chi connectivity index (χ1v) is 10.6. The van der Waals surface area contributed by atoms with Crippen molar-refractivity contribution in [3.63, 3.8) is 0 Å². The minimum atomic E-state index is -0.732. The van der Waals surface area contributed by atoms with Gasteiger partial charge in [0.2, 0.25) is 0 Å². The van der Waals surface area contributed by atoms with Crippen molar-refractivity contribution in [2.24, 2.45) is 40.4 Å². The van der Waals surface area contributed by atoms with E-state index in [0.29, 0.717) is 24.2 Å². The molecule has 27 heavy (non-hydrogen) atoms. The lowest BCUT2D eigenvalue weighted by molar-refractivity contribution is -0.146. The maximum Gasteiger partial charge on any atom is 0.303 e. The van der Waals surface area contributed by atoms with E-state index in [1.807, 2.05) is 6.08 Å². The van der Waals surface area contributed by atoms with Crippen LogP contribution in [0.15, 0.2) is 11.6 Å². The highest BCUT2D eigenvalue weighted by Gasteiger charge is 2.62. The molecule has 4 aliphatic carbocycles. The fourth-order valence-corrected chi connectivity index (χ4v) is 8.05. The highest BCUT2D eigenvalue weighted by Crippen LogP contribution is 2.68. The Kier molecular flexibility index (Phi) is 4.40. The average molecular weight is 373 g/mol. The molecule has 1 N–H and O–H groups in total. The summed E-state index contributed by atoms with van der Waals surface area (Å²) < 4.78 is 0. The van der Waals surface area contributed by atoms with Crippen LogP contribution < -0.4 is 0 Å². The summed E-state index contributed by atoms with van der Waals surface area (Å²) in [4.78, 5) is 36.1. The third-order valence-corrected chi connectivity index (χ3v) is 8.97. The number of fused-ring (bicyclic) bond motifs is 5. The van der Waals surface area contributed by atoms with Crippen LogP contribution in [-0.4, -0.2) is 22.6 Å². The number of Topliss-reactive ketones (excluding diaryl/α,β-unsaturated/α-hetero) is 1. The second-order valence-corrected chi connectivity index (χ2v) is 10.2. The van der Waals surface area contributed by atoms with Crippen molar-refractivity contribution in [1.29, 1.82) is 0 Å². The summed E-state index contributed by atoms with van der Waals surface area (Å²) in [5.41, 5.74) is 1.15. The van der Waals surface area contributed by atoms with Crippen LogP contribution in [-0.2, 0) is 14.4 Å². The Bertz CT molecular complexity index is 722. The fourth-order valence-electron chi connectivity index (χ4n) is 8.05. The van der Waals surface area contributed by atoms with Gasteiger partial charge >= 0.3 is 5.97 Å². The van der Waals surface area contributed by atoms with Crippen LogP contribution in [0.2, 0.25) is 0 Å². The number of hydrogen-bond donors (Lipinski definition) is 1. The van der Waals surface area contributed by atoms with Crippen LogP contribution in [0.4, 0.5) is 0 Å². The molecule has 1 unspecified atom stereocenters. The number of carboxylic acids is 1. The second-order valence-electron chi connectivity index (χ2n) is 10.2. The van der Waals surface area contributed by atoms with Crippen molar-refractivity contribution in [2.45, 2.75) is 72.1 Å². The van der Waals surface area contributed by atoms with E-state index in [1.165, 1.54) is 5.57 Å². The molecule has 3 saturated carbocycles. The van der Waals surface area contributed by atoms with Crippen molar-refractivity contribution in [3.8, 4) is 0 Å². The fraction of sp³-hybridized carbons (Fsp3) is 0.783. The molecule has 0 saturated heterocycles. The predicted octanol–water partition coefficient (Wildman–Crippen LogP) is 4.42. The van der Waals surface area contributed by atoms with Gasteiger partial charge in [-0.3, -0.25) is 14.4 Å². The summed E-state index contributed by atoms with van der Waals surface area (Å²) in [5, 5.41) is 9.64. The zero-order valence-corrected chi connectivity index (χ0v) is 16.8. The Balaban J connectivity index is 1.77. The molecule has 0 radical (unpaired) electrons. The lowest BCUT2D eigenvalue weighted by atomic mass is 9.43. The Morgan fingerprint density at radius 1 is 1.19 bits per heavy atom. The summed E-state index contributed by atoms with van der Waals surface area (Å²) in [6.45, 7) is 6.27. The van der Waals surface area contributed by atoms with Crippen molar-refractivity contribution in [1.82, 2.24) is 0 Å². The summed E-state index contributed by atoms with van der Waals surface area (Å²) in [6.07, 6.45) is 8.39. The number of allylic oxidation sites excluding steroid dienone is 1. The van der Waals surface area contributed by atoms with E-state index in [2.05, 4.69) is 13.8 Å². The Morgan fingerprint density at radius 2 is 1.93 bits per heavy atom. The number of ketones is 2. The van der Waals surface area contributed by atoms with Gasteiger partial charge in [0.1, 0.15) is 5.78 Å². The van der Waals surface area contributed by atoms with E-state index in [0.717, 1.165) is 38.5 Å². The Hall–Kier alpha value is -1.45. The largest absolute Gasteiger partial charge is 0.481 e. The van der Waals surface area contributed by atoms with Crippen molar-refractivity contribution in [3.05, 3.63) is 11.6 Å². The van der Waals surface area contributed by atoms with Gasteiger partial charge in [-0.15, -0.1) is 0 Å². The van der Waals surface area contributed by atoms with Crippen LogP contribution in [0.25, 0.3) is 0 Å². The SMILES string of the molecule is CC(=O)[C@H]1CC[C@H]2[C@@H]3CCC4=CC(=O)CC[C@]4(C)[C@H]3C(CC(=O)O)C[C@]12C. The van der Waals surface area contributed by atoms with E-state index in [4.69, 9.17) is 0 Å². The first kappa shape index (κ1) is 18.9. The van der Waals surface area contributed by atoms with Gasteiger partial charge in [0.25, 0.3) is 0 Å². The molecule has 148 valence electrons. The number of aliphatic carboxylic acids is 1. The molecule has 3 fully saturated rings. The monoisotopic (exact) mass is 372 g/mol. The van der Waals surface area contributed by atoms with Gasteiger partial charge in [-0.1, -0.05) is 19.4 Å². The summed E-state index contributed by atoms with van der Waals surface area (Å²) in [7, 11) is 0. The van der Waals surface area contributed by atoms with Crippen LogP contribution >= 0.6 is 0 Å². The maximum absolute atomic E-state index is 12.4. The molecule has 0 aliphatic heterocycles. The van der Waals surface area contributed by atoms with Gasteiger partial charge in [0, 0.05) is 18.8 Å². The molecule has 7 atom stereocenters. The number of hydrogen-bond acceptors (Lipinski definition) is 3. The van der Waals surface area contributed by atoms with E-state index >= 15 is 0 Å². The second kappa shape index (κ2) is 6.28. The molecular formula is C23H32O4. The first-order valence-electron chi connectivity index (χ1n) is 10.6. The molecule has 4 heteroatoms. The molecular weight excluding hydrogens is 340 g/mol. The Morgan fingerprint density at radius 3 is 2.59 bits per heavy atom. The molecule has 0 aromatic carbocycles. The van der Waals surface area contributed by atoms with Crippen molar-refractivity contribution < 1.29 is 19.5 Å². The standard InChI is InChI=1S/C23H32O4/c1-13(24)18-6-7-19-17-5-4-15-11-16(25)8-9-22(15,2)21(17)14(10-20(26)27)12-23(18,19)3/h11,14,17-19,21H,4-10,12H2,1-3H3,(H,26,27)/t14?,17-,18+,19-,21-,22-,23+/m0/s1. The lowest BCUT2D eigenvalue weighted by Gasteiger charge is -2.61. The molecule has 0 spiro atoms. The highest BCUT2D eigenvalue weighted by molar-refractivity contribution is 5.91. The third kappa shape index (κ3) is 2.74. The van der Waals surface area contributed by atoms with E-state index < -0.39 is 5.97 Å². The van der Waals surface area contributed by atoms with E-state index in [-0.39, 0.29) is 40.7 Å². The molecule has 4 rings (SSSR count). The van der Waals surface area contributed by atoms with Gasteiger partial charge in [0.15, 0.2) is 5.78 Å². The summed E-state index contributed by atoms with van der Waals surface area (Å²) >= 11 is 0. The maximum atomic E-state index is 12.4. The smallest absolute Gasteiger partial charge is 0.303 e. The molecule has 0 bridgehead atoms. The molecule has 4 aliphatic rings. The van der Waals surface area contributed by atoms with Gasteiger partial charge in [0.05, 0.1) is 0 Å². The number of carboxylic acid groups (broad SMARTS) is 1. The minimum Gasteiger partial charge on any atom is -0.481 e. The van der Waals surface area contributed by atoms with Crippen LogP contribution in [0.3, 0.4) is 0 Å². The van der Waals surface area contributed by atoms with Gasteiger partial charge in [-0.25, -0.2) is 0 Å². The quantitative estimate of drug-likeness (QED) is 0.796. The normalized spacial score (nSPS) is 46.1. The van der Waals surface area contributed by atoms with Crippen molar-refractivity contribution in [2.75, 3.05) is 0 Å². The van der Waals surface area contributed by atoms with Gasteiger partial charge < -0.3 is 5.11 Å². The van der Waals surface area contributed by atoms with Crippen LogP contribution in [0.5, 0.6) is 0 Å². The van der Waals surface area contributed by atoms with Gasteiger partial charge in [-0.05, 0) is 86.0 Å². The molecule has 0 aromatic heterocycles. The van der Waals surface area contributed by atoms with Crippen LogP contribution in [0.1, 0.15) is 72.1 Å². The number of rotatable bonds is 3. The molecule has 0 heterocycles. The lowest BCUT2D eigenvalue weighted by Crippen LogP contribution is -2.55. The number of carbonyl (C=O) groups excluding carboxylic acids is 2. The zero-order chi connectivity index (χ0) is 19.6. The van der Waals surface area contributed by atoms with Gasteiger partial charge in [-0.2, -0.15) is 0 Å². The minimum absolute atomic E-state index is 0.0490. The molecule has 0 amide bonds. The summed E-state index contributed by atoms with van der Waals surface area (Å²) in [5.74, 6) is 1.26. The Labute approximate surface area is 161 Å². The highest BCUT2D eigenvalue weighted by atomic mass is 16.4. The third-order valence-electron chi connectivity index (χ3n) is 8.97. The van der Waals surface area contributed by atoms with Crippen LogP contribution in [0, 0.1) is 40.4 Å². The van der Waals surface area contributed by atoms with Crippen molar-refractivity contribution >= 4 is 17.5 Å². The average Bonchev–Trinajstić information content (AvgIpc) is 2.91. The van der Waals surface area contributed by atoms with E-state index in [1.54, 1.807) is 6.92 Å². The first-order chi connectivity index (χ1) is 12.7.